The van der Waals surface area contributed by atoms with Crippen LogP contribution < -0.4 is 14.8 Å². The lowest BCUT2D eigenvalue weighted by atomic mass is 10.2. The molecule has 0 spiro atoms. The van der Waals surface area contributed by atoms with Gasteiger partial charge < -0.3 is 29.3 Å². The normalized spacial score (nSPS) is 12.3. The number of alkyl halides is 3. The average molecular weight is 550 g/mol. The highest BCUT2D eigenvalue weighted by Gasteiger charge is 2.31. The summed E-state index contributed by atoms with van der Waals surface area (Å²) in [5, 5.41) is 4.37. The van der Waals surface area contributed by atoms with Crippen molar-refractivity contribution in [1.82, 2.24) is 9.80 Å². The number of rotatable bonds is 10. The summed E-state index contributed by atoms with van der Waals surface area (Å²) in [4.78, 5) is 30.3. The topological polar surface area (TPSA) is 80.3 Å². The maximum atomic E-state index is 13.5. The molecule has 1 aliphatic heterocycles. The molecule has 8 nitrogen and oxygen atoms in total. The van der Waals surface area contributed by atoms with Crippen molar-refractivity contribution in [3.63, 3.8) is 0 Å². The van der Waals surface area contributed by atoms with Gasteiger partial charge in [-0.25, -0.2) is 4.79 Å². The van der Waals surface area contributed by atoms with E-state index in [2.05, 4.69) is 5.32 Å². The Balaban J connectivity index is 1.50. The summed E-state index contributed by atoms with van der Waals surface area (Å²) in [5.41, 5.74) is -0.104. The minimum Gasteiger partial charge on any atom is -0.454 e. The molecule has 1 N–H and O–H groups in total. The minimum absolute atomic E-state index is 0.0320. The Hall–Kier alpha value is -3.77. The minimum atomic E-state index is -4.55. The maximum absolute atomic E-state index is 13.5. The fourth-order valence-corrected chi connectivity index (χ4v) is 4.50. The predicted molar refractivity (Wildman–Crippen MR) is 135 cm³/mol. The highest BCUT2D eigenvalue weighted by Crippen LogP contribution is 2.33. The lowest BCUT2D eigenvalue weighted by Gasteiger charge is -2.28. The van der Waals surface area contributed by atoms with Gasteiger partial charge in [0.15, 0.2) is 11.5 Å². The predicted octanol–water partition coefficient (Wildman–Crippen LogP) is 5.20. The number of nitrogens with one attached hydrogen (secondary N) is 1. The van der Waals surface area contributed by atoms with E-state index in [1.807, 2.05) is 23.6 Å². The summed E-state index contributed by atoms with van der Waals surface area (Å²) < 4.78 is 55.2. The molecule has 3 aromatic rings. The first-order valence-corrected chi connectivity index (χ1v) is 12.5. The van der Waals surface area contributed by atoms with E-state index in [1.54, 1.807) is 17.0 Å². The lowest BCUT2D eigenvalue weighted by Crippen LogP contribution is -2.45. The van der Waals surface area contributed by atoms with Gasteiger partial charge >= 0.3 is 12.2 Å². The largest absolute Gasteiger partial charge is 0.454 e. The molecule has 202 valence electrons. The first-order chi connectivity index (χ1) is 18.2. The molecular formula is C26H26F3N3O5S. The number of anilines is 1. The molecule has 0 bridgehead atoms. The van der Waals surface area contributed by atoms with E-state index in [0.29, 0.717) is 18.0 Å². The highest BCUT2D eigenvalue weighted by molar-refractivity contribution is 7.09. The summed E-state index contributed by atoms with van der Waals surface area (Å²) in [6.07, 6.45) is -4.55. The fraction of sp³-hybridized carbons (Fsp3) is 0.308. The third kappa shape index (κ3) is 7.17. The molecular weight excluding hydrogens is 523 g/mol. The Morgan fingerprint density at radius 3 is 2.58 bits per heavy atom. The quantitative estimate of drug-likeness (QED) is 0.376. The Kier molecular flexibility index (Phi) is 8.74. The van der Waals surface area contributed by atoms with Gasteiger partial charge in [-0.2, -0.15) is 13.2 Å². The number of nitrogens with zero attached hydrogens (tertiary/aromatic N) is 2. The lowest BCUT2D eigenvalue weighted by molar-refractivity contribution is -0.137. The van der Waals surface area contributed by atoms with E-state index in [-0.39, 0.29) is 44.6 Å². The molecule has 4 rings (SSSR count). The van der Waals surface area contributed by atoms with Gasteiger partial charge in [0.1, 0.15) is 6.54 Å². The molecule has 0 fully saturated rings. The molecule has 0 saturated heterocycles. The molecule has 2 heterocycles. The van der Waals surface area contributed by atoms with Crippen molar-refractivity contribution in [2.75, 3.05) is 38.9 Å². The molecule has 12 heteroatoms. The van der Waals surface area contributed by atoms with Crippen molar-refractivity contribution in [3.05, 3.63) is 76.0 Å². The number of methoxy groups -OCH3 is 1. The summed E-state index contributed by atoms with van der Waals surface area (Å²) in [7, 11) is 1.45. The van der Waals surface area contributed by atoms with Gasteiger partial charge in [0, 0.05) is 30.8 Å². The van der Waals surface area contributed by atoms with Crippen LogP contribution in [0, 0.1) is 0 Å². The second-order valence-corrected chi connectivity index (χ2v) is 9.47. The molecule has 0 atom stereocenters. The first-order valence-electron chi connectivity index (χ1n) is 11.6. The SMILES string of the molecule is COCCN(CC(=O)N(Cc1ccc2c(c1)OCO2)Cc1cccs1)C(=O)Nc1cccc(C(F)(F)F)c1. The second kappa shape index (κ2) is 12.2. The fourth-order valence-electron chi connectivity index (χ4n) is 3.78. The standard InChI is InChI=1S/C26H26F3N3O5S/c1-35-10-9-31(25(34)30-20-5-2-4-19(13-20)26(27,28)29)16-24(33)32(15-21-6-3-11-38-21)14-18-7-8-22-23(12-18)37-17-36-22/h2-8,11-13H,9-10,14-17H2,1H3,(H,30,34). The maximum Gasteiger partial charge on any atom is 0.416 e. The summed E-state index contributed by atoms with van der Waals surface area (Å²) in [5.74, 6) is 0.876. The number of halogens is 3. The number of ether oxygens (including phenoxy) is 3. The summed E-state index contributed by atoms with van der Waals surface area (Å²) >= 11 is 1.50. The number of fused-ring (bicyclic) bond motifs is 1. The van der Waals surface area contributed by atoms with Crippen LogP contribution in [0.4, 0.5) is 23.7 Å². The van der Waals surface area contributed by atoms with E-state index >= 15 is 0 Å². The Labute approximate surface area is 221 Å². The third-order valence-corrected chi connectivity index (χ3v) is 6.57. The van der Waals surface area contributed by atoms with Crippen LogP contribution in [0.15, 0.2) is 60.0 Å². The van der Waals surface area contributed by atoms with Crippen LogP contribution >= 0.6 is 11.3 Å². The number of carbonyl (C=O) groups is 2. The van der Waals surface area contributed by atoms with E-state index in [1.165, 1.54) is 35.5 Å². The molecule has 2 aromatic carbocycles. The number of amides is 3. The summed E-state index contributed by atoms with van der Waals surface area (Å²) in [6.45, 7) is 0.593. The van der Waals surface area contributed by atoms with Crippen LogP contribution in [0.3, 0.4) is 0 Å². The number of benzene rings is 2. The van der Waals surface area contributed by atoms with Crippen molar-refractivity contribution in [2.24, 2.45) is 0 Å². The Morgan fingerprint density at radius 1 is 1.03 bits per heavy atom. The van der Waals surface area contributed by atoms with Crippen LogP contribution in [0.5, 0.6) is 11.5 Å². The van der Waals surface area contributed by atoms with Crippen LogP contribution in [-0.2, 0) is 28.8 Å². The van der Waals surface area contributed by atoms with Crippen LogP contribution in [-0.4, -0.2) is 55.3 Å². The third-order valence-electron chi connectivity index (χ3n) is 5.71. The molecule has 3 amide bonds. The van der Waals surface area contributed by atoms with Gasteiger partial charge in [-0.05, 0) is 47.3 Å². The average Bonchev–Trinajstić information content (AvgIpc) is 3.57. The Bertz CT molecular complexity index is 1250. The van der Waals surface area contributed by atoms with Gasteiger partial charge in [0.05, 0.1) is 18.7 Å². The van der Waals surface area contributed by atoms with Crippen molar-refractivity contribution in [3.8, 4) is 11.5 Å². The zero-order valence-electron chi connectivity index (χ0n) is 20.5. The molecule has 38 heavy (non-hydrogen) atoms. The first kappa shape index (κ1) is 27.3. The number of urea groups is 1. The van der Waals surface area contributed by atoms with Gasteiger partial charge in [0.2, 0.25) is 12.7 Å². The zero-order valence-corrected chi connectivity index (χ0v) is 21.3. The molecule has 1 aromatic heterocycles. The summed E-state index contributed by atoms with van der Waals surface area (Å²) in [6, 6.07) is 12.8. The highest BCUT2D eigenvalue weighted by atomic mass is 32.1. The molecule has 1 aliphatic rings. The second-order valence-electron chi connectivity index (χ2n) is 8.44. The number of hydrogen-bond donors (Lipinski definition) is 1. The van der Waals surface area contributed by atoms with E-state index in [0.717, 1.165) is 22.6 Å². The molecule has 0 aliphatic carbocycles. The zero-order chi connectivity index (χ0) is 27.1. The van der Waals surface area contributed by atoms with Gasteiger partial charge in [-0.3, -0.25) is 4.79 Å². The van der Waals surface area contributed by atoms with Crippen molar-refractivity contribution >= 4 is 29.0 Å². The number of carbonyl (C=O) groups excluding carboxylic acids is 2. The van der Waals surface area contributed by atoms with Crippen LogP contribution in [0.25, 0.3) is 0 Å². The van der Waals surface area contributed by atoms with Crippen LogP contribution in [0.2, 0.25) is 0 Å². The number of hydrogen-bond acceptors (Lipinski definition) is 6. The molecule has 0 radical (unpaired) electrons. The van der Waals surface area contributed by atoms with Gasteiger partial charge in [-0.15, -0.1) is 11.3 Å². The van der Waals surface area contributed by atoms with Gasteiger partial charge in [0.25, 0.3) is 0 Å². The van der Waals surface area contributed by atoms with Crippen LogP contribution in [0.1, 0.15) is 16.0 Å². The molecule has 0 saturated carbocycles. The van der Waals surface area contributed by atoms with Crippen molar-refractivity contribution < 1.29 is 37.0 Å². The van der Waals surface area contributed by atoms with E-state index in [9.17, 15) is 22.8 Å². The molecule has 0 unspecified atom stereocenters. The van der Waals surface area contributed by atoms with E-state index in [4.69, 9.17) is 14.2 Å². The monoisotopic (exact) mass is 549 g/mol. The number of thiophene rings is 1. The van der Waals surface area contributed by atoms with Crippen molar-refractivity contribution in [1.29, 1.82) is 0 Å². The van der Waals surface area contributed by atoms with Crippen molar-refractivity contribution in [2.45, 2.75) is 19.3 Å². The van der Waals surface area contributed by atoms with Gasteiger partial charge in [-0.1, -0.05) is 18.2 Å². The van der Waals surface area contributed by atoms with E-state index < -0.39 is 17.8 Å². The Morgan fingerprint density at radius 2 is 1.84 bits per heavy atom. The smallest absolute Gasteiger partial charge is 0.416 e.